The molecular formula is C9H21N3. The summed E-state index contributed by atoms with van der Waals surface area (Å²) in [6.45, 7) is 6.42. The van der Waals surface area contributed by atoms with Gasteiger partial charge in [-0.2, -0.15) is 0 Å². The molecule has 0 aromatic heterocycles. The van der Waals surface area contributed by atoms with Crippen LogP contribution in [0.25, 0.3) is 0 Å². The van der Waals surface area contributed by atoms with Gasteiger partial charge < -0.3 is 16.4 Å². The van der Waals surface area contributed by atoms with E-state index in [-0.39, 0.29) is 6.04 Å². The monoisotopic (exact) mass is 171 g/mol. The van der Waals surface area contributed by atoms with Crippen LogP contribution in [0.4, 0.5) is 0 Å². The van der Waals surface area contributed by atoms with Crippen LogP contribution in [0.3, 0.4) is 0 Å². The number of likely N-dealkylation sites (tertiary alicyclic amines) is 1. The Bertz CT molecular complexity index is 119. The molecule has 0 radical (unpaired) electrons. The topological polar surface area (TPSA) is 55.3 Å². The van der Waals surface area contributed by atoms with Crippen molar-refractivity contribution >= 4 is 0 Å². The lowest BCUT2D eigenvalue weighted by Crippen LogP contribution is -2.44. The normalized spacial score (nSPS) is 24.2. The van der Waals surface area contributed by atoms with Crippen molar-refractivity contribution in [2.45, 2.75) is 25.8 Å². The number of rotatable bonds is 3. The minimum absolute atomic E-state index is 0.226. The first kappa shape index (κ1) is 9.96. The Hall–Kier alpha value is -0.120. The van der Waals surface area contributed by atoms with Gasteiger partial charge in [0.25, 0.3) is 0 Å². The van der Waals surface area contributed by atoms with Gasteiger partial charge >= 0.3 is 0 Å². The fourth-order valence-electron chi connectivity index (χ4n) is 1.89. The van der Waals surface area contributed by atoms with Gasteiger partial charge in [-0.25, -0.2) is 0 Å². The van der Waals surface area contributed by atoms with Crippen molar-refractivity contribution < 1.29 is 0 Å². The Morgan fingerprint density at radius 3 is 2.42 bits per heavy atom. The molecule has 0 aliphatic carbocycles. The third-order valence-electron chi connectivity index (χ3n) is 2.96. The van der Waals surface area contributed by atoms with Crippen LogP contribution >= 0.6 is 0 Å². The molecule has 1 atom stereocenters. The molecule has 0 spiro atoms. The van der Waals surface area contributed by atoms with E-state index in [1.54, 1.807) is 0 Å². The summed E-state index contributed by atoms with van der Waals surface area (Å²) >= 11 is 0. The fraction of sp³-hybridized carbons (Fsp3) is 1.00. The Morgan fingerprint density at radius 2 is 2.00 bits per heavy atom. The van der Waals surface area contributed by atoms with Crippen LogP contribution in [-0.2, 0) is 0 Å². The van der Waals surface area contributed by atoms with E-state index in [1.807, 2.05) is 0 Å². The lowest BCUT2D eigenvalue weighted by Gasteiger charge is -2.33. The average Bonchev–Trinajstić information content (AvgIpc) is 2.17. The van der Waals surface area contributed by atoms with Gasteiger partial charge in [0.05, 0.1) is 0 Å². The summed E-state index contributed by atoms with van der Waals surface area (Å²) in [7, 11) is 0. The second kappa shape index (κ2) is 4.80. The maximum Gasteiger partial charge on any atom is 0.0192 e. The van der Waals surface area contributed by atoms with Crippen LogP contribution in [0.2, 0.25) is 0 Å². The summed E-state index contributed by atoms with van der Waals surface area (Å²) in [6.07, 6.45) is 2.46. The molecule has 3 heteroatoms. The zero-order valence-corrected chi connectivity index (χ0v) is 8.00. The third kappa shape index (κ3) is 2.44. The van der Waals surface area contributed by atoms with Gasteiger partial charge in [-0.15, -0.1) is 0 Å². The summed E-state index contributed by atoms with van der Waals surface area (Å²) in [5.74, 6) is 0.665. The van der Waals surface area contributed by atoms with Crippen molar-refractivity contribution in [1.82, 2.24) is 4.90 Å². The molecule has 0 saturated carbocycles. The van der Waals surface area contributed by atoms with Gasteiger partial charge in [0.1, 0.15) is 0 Å². The number of nitrogens with two attached hydrogens (primary N) is 2. The molecule has 1 rings (SSSR count). The highest BCUT2D eigenvalue weighted by Gasteiger charge is 2.22. The Morgan fingerprint density at radius 1 is 1.42 bits per heavy atom. The summed E-state index contributed by atoms with van der Waals surface area (Å²) in [5, 5.41) is 0. The predicted molar refractivity (Wildman–Crippen MR) is 51.9 cm³/mol. The second-order valence-electron chi connectivity index (χ2n) is 3.67. The van der Waals surface area contributed by atoms with Crippen molar-refractivity contribution in [2.75, 3.05) is 26.2 Å². The predicted octanol–water partition coefficient (Wildman–Crippen LogP) is 0.00430. The van der Waals surface area contributed by atoms with Gasteiger partial charge in [-0.1, -0.05) is 6.92 Å². The van der Waals surface area contributed by atoms with Crippen molar-refractivity contribution in [2.24, 2.45) is 17.4 Å². The molecule has 0 aromatic carbocycles. The summed E-state index contributed by atoms with van der Waals surface area (Å²) in [4.78, 5) is 2.47. The largest absolute Gasteiger partial charge is 0.329 e. The van der Waals surface area contributed by atoms with E-state index in [0.717, 1.165) is 0 Å². The van der Waals surface area contributed by atoms with Crippen LogP contribution in [0.15, 0.2) is 0 Å². The highest BCUT2D eigenvalue weighted by atomic mass is 15.1. The molecule has 1 heterocycles. The van der Waals surface area contributed by atoms with E-state index in [4.69, 9.17) is 11.5 Å². The zero-order valence-electron chi connectivity index (χ0n) is 8.00. The van der Waals surface area contributed by atoms with Crippen molar-refractivity contribution in [3.63, 3.8) is 0 Å². The van der Waals surface area contributed by atoms with E-state index in [9.17, 15) is 0 Å². The first-order chi connectivity index (χ1) is 5.77. The van der Waals surface area contributed by atoms with E-state index in [0.29, 0.717) is 12.5 Å². The van der Waals surface area contributed by atoms with Gasteiger partial charge in [0.15, 0.2) is 0 Å². The molecule has 0 amide bonds. The highest BCUT2D eigenvalue weighted by Crippen LogP contribution is 2.18. The smallest absolute Gasteiger partial charge is 0.0192 e. The Balaban J connectivity index is 2.25. The summed E-state index contributed by atoms with van der Waals surface area (Å²) in [6, 6.07) is 0.226. The van der Waals surface area contributed by atoms with E-state index >= 15 is 0 Å². The quantitative estimate of drug-likeness (QED) is 0.628. The number of hydrogen-bond acceptors (Lipinski definition) is 3. The molecule has 3 nitrogen and oxygen atoms in total. The maximum absolute atomic E-state index is 5.89. The van der Waals surface area contributed by atoms with Gasteiger partial charge in [-0.3, -0.25) is 0 Å². The van der Waals surface area contributed by atoms with E-state index < -0.39 is 0 Å². The van der Waals surface area contributed by atoms with Gasteiger partial charge in [0, 0.05) is 12.6 Å². The van der Waals surface area contributed by atoms with Gasteiger partial charge in [-0.05, 0) is 38.4 Å². The summed E-state index contributed by atoms with van der Waals surface area (Å²) in [5.41, 5.74) is 11.4. The lowest BCUT2D eigenvalue weighted by atomic mass is 9.90. The molecule has 0 bridgehead atoms. The van der Waals surface area contributed by atoms with Crippen molar-refractivity contribution in [1.29, 1.82) is 0 Å². The van der Waals surface area contributed by atoms with Gasteiger partial charge in [0.2, 0.25) is 0 Å². The maximum atomic E-state index is 5.89. The van der Waals surface area contributed by atoms with E-state index in [1.165, 1.54) is 32.5 Å². The van der Waals surface area contributed by atoms with Crippen molar-refractivity contribution in [3.05, 3.63) is 0 Å². The molecule has 72 valence electrons. The molecule has 1 saturated heterocycles. The van der Waals surface area contributed by atoms with Crippen molar-refractivity contribution in [3.8, 4) is 0 Å². The van der Waals surface area contributed by atoms with Crippen LogP contribution < -0.4 is 11.5 Å². The lowest BCUT2D eigenvalue weighted by molar-refractivity contribution is 0.177. The third-order valence-corrected chi connectivity index (χ3v) is 2.96. The first-order valence-corrected chi connectivity index (χ1v) is 4.96. The molecule has 1 aliphatic rings. The Labute approximate surface area is 75.1 Å². The molecular weight excluding hydrogens is 150 g/mol. The molecule has 1 fully saturated rings. The molecule has 12 heavy (non-hydrogen) atoms. The average molecular weight is 171 g/mol. The molecule has 0 aromatic rings. The minimum atomic E-state index is 0.226. The zero-order chi connectivity index (χ0) is 8.97. The van der Waals surface area contributed by atoms with Crippen LogP contribution in [0.5, 0.6) is 0 Å². The standard InChI is InChI=1S/C9H21N3/c1-2-12-5-3-8(4-6-12)9(11)7-10/h8-9H,2-7,10-11H2,1H3. The fourth-order valence-corrected chi connectivity index (χ4v) is 1.89. The number of nitrogens with zero attached hydrogens (tertiary/aromatic N) is 1. The van der Waals surface area contributed by atoms with Crippen LogP contribution in [-0.4, -0.2) is 37.1 Å². The second-order valence-corrected chi connectivity index (χ2v) is 3.67. The number of hydrogen-bond donors (Lipinski definition) is 2. The van der Waals surface area contributed by atoms with Crippen LogP contribution in [0.1, 0.15) is 19.8 Å². The first-order valence-electron chi connectivity index (χ1n) is 4.96. The Kier molecular flexibility index (Phi) is 3.98. The number of piperidine rings is 1. The molecule has 1 aliphatic heterocycles. The SMILES string of the molecule is CCN1CCC(C(N)CN)CC1. The van der Waals surface area contributed by atoms with E-state index in [2.05, 4.69) is 11.8 Å². The molecule has 1 unspecified atom stereocenters. The molecule has 4 N–H and O–H groups in total. The minimum Gasteiger partial charge on any atom is -0.329 e. The van der Waals surface area contributed by atoms with Crippen LogP contribution in [0, 0.1) is 5.92 Å². The highest BCUT2D eigenvalue weighted by molar-refractivity contribution is 4.79. The summed E-state index contributed by atoms with van der Waals surface area (Å²) < 4.78 is 0.